The standard InChI is InChI=1S/C44H54N8O6/c1-9-51(41(53)37(25(2)3)49-43(55)57-7)27(6)39-46-33-21-20-32(23-34(33)47-39)30-14-12-28(13-15-30)29-16-18-31(19-17-29)35-24-45-40(48-35)36-11-10-22-52(36)42(54)38(26(4)5)50-44(56)58-8/h12-21,23-27,36-38H,9-11,22H2,1-8H3,(H,45,48)(H,46,47)(H,49,55)(H,50,56)/t27-,36-,37-,38-/m0/s1. The first-order chi connectivity index (χ1) is 27.8. The second-order valence-electron chi connectivity index (χ2n) is 15.4. The maximum Gasteiger partial charge on any atom is 0.407 e. The van der Waals surface area contributed by atoms with Crippen LogP contribution in [0.3, 0.4) is 0 Å². The summed E-state index contributed by atoms with van der Waals surface area (Å²) in [6, 6.07) is 20.8. The molecule has 1 aliphatic rings. The largest absolute Gasteiger partial charge is 0.453 e. The summed E-state index contributed by atoms with van der Waals surface area (Å²) in [5.41, 5.74) is 7.72. The number of hydrogen-bond acceptors (Lipinski definition) is 8. The van der Waals surface area contributed by atoms with Crippen molar-refractivity contribution in [3.63, 3.8) is 0 Å². The van der Waals surface area contributed by atoms with Crippen LogP contribution < -0.4 is 10.6 Å². The molecule has 6 rings (SSSR count). The van der Waals surface area contributed by atoms with Gasteiger partial charge >= 0.3 is 12.2 Å². The minimum atomic E-state index is -0.729. The lowest BCUT2D eigenvalue weighted by molar-refractivity contribution is -0.137. The second-order valence-corrected chi connectivity index (χ2v) is 15.4. The number of fused-ring (bicyclic) bond motifs is 1. The van der Waals surface area contributed by atoms with E-state index in [4.69, 9.17) is 14.5 Å². The number of nitrogens with one attached hydrogen (secondary N) is 4. The average Bonchev–Trinajstić information content (AvgIpc) is 4.02. The van der Waals surface area contributed by atoms with Gasteiger partial charge in [0.05, 0.1) is 49.2 Å². The molecule has 14 heteroatoms. The van der Waals surface area contributed by atoms with Crippen LogP contribution in [-0.4, -0.2) is 93.1 Å². The number of amides is 4. The van der Waals surface area contributed by atoms with Gasteiger partial charge in [-0.1, -0.05) is 82.3 Å². The Morgan fingerprint density at radius 3 is 1.91 bits per heavy atom. The Bertz CT molecular complexity index is 2230. The number of aromatic nitrogens is 4. The van der Waals surface area contributed by atoms with E-state index in [0.29, 0.717) is 18.9 Å². The van der Waals surface area contributed by atoms with Gasteiger partial charge in [0.15, 0.2) is 0 Å². The Kier molecular flexibility index (Phi) is 12.8. The summed E-state index contributed by atoms with van der Waals surface area (Å²) in [6.45, 7) is 12.4. The quantitative estimate of drug-likeness (QED) is 0.0942. The summed E-state index contributed by atoms with van der Waals surface area (Å²) in [4.78, 5) is 70.9. The fraction of sp³-hybridized carbons (Fsp3) is 0.409. The van der Waals surface area contributed by atoms with E-state index in [0.717, 1.165) is 63.2 Å². The highest BCUT2D eigenvalue weighted by atomic mass is 16.5. The number of likely N-dealkylation sites (N-methyl/N-ethyl adjacent to an activating group) is 1. The smallest absolute Gasteiger partial charge is 0.407 e. The van der Waals surface area contributed by atoms with E-state index in [9.17, 15) is 19.2 Å². The molecule has 14 nitrogen and oxygen atoms in total. The Morgan fingerprint density at radius 1 is 0.793 bits per heavy atom. The average molecular weight is 791 g/mol. The van der Waals surface area contributed by atoms with Crippen molar-refractivity contribution in [2.75, 3.05) is 27.3 Å². The van der Waals surface area contributed by atoms with Gasteiger partial charge in [0, 0.05) is 13.1 Å². The predicted octanol–water partition coefficient (Wildman–Crippen LogP) is 7.62. The van der Waals surface area contributed by atoms with Gasteiger partial charge in [0.25, 0.3) is 0 Å². The maximum atomic E-state index is 13.6. The molecule has 2 aromatic heterocycles. The van der Waals surface area contributed by atoms with E-state index >= 15 is 0 Å². The second kappa shape index (κ2) is 18.0. The zero-order valence-corrected chi connectivity index (χ0v) is 34.5. The van der Waals surface area contributed by atoms with Gasteiger partial charge in [0.2, 0.25) is 11.8 Å². The van der Waals surface area contributed by atoms with Crippen LogP contribution in [-0.2, 0) is 19.1 Å². The Labute approximate surface area is 339 Å². The fourth-order valence-corrected chi connectivity index (χ4v) is 7.60. The van der Waals surface area contributed by atoms with Gasteiger partial charge in [0.1, 0.15) is 23.7 Å². The number of hydrogen-bond donors (Lipinski definition) is 4. The number of carbonyl (C=O) groups excluding carboxylic acids is 4. The molecule has 3 heterocycles. The molecule has 0 unspecified atom stereocenters. The third-order valence-corrected chi connectivity index (χ3v) is 11.0. The van der Waals surface area contributed by atoms with E-state index in [1.165, 1.54) is 14.2 Å². The van der Waals surface area contributed by atoms with Crippen LogP contribution in [0.5, 0.6) is 0 Å². The number of ether oxygens (including phenoxy) is 2. The van der Waals surface area contributed by atoms with Crippen molar-refractivity contribution in [3.8, 4) is 33.5 Å². The van der Waals surface area contributed by atoms with Crippen LogP contribution in [0.1, 0.15) is 78.1 Å². The number of alkyl carbamates (subject to hydrolysis) is 2. The maximum absolute atomic E-state index is 13.6. The van der Waals surface area contributed by atoms with Crippen LogP contribution >= 0.6 is 0 Å². The summed E-state index contributed by atoms with van der Waals surface area (Å²) in [6.07, 6.45) is 2.17. The molecular weight excluding hydrogens is 737 g/mol. The Balaban J connectivity index is 1.13. The summed E-state index contributed by atoms with van der Waals surface area (Å²) in [7, 11) is 2.57. The van der Waals surface area contributed by atoms with E-state index < -0.39 is 24.3 Å². The molecule has 4 atom stereocenters. The van der Waals surface area contributed by atoms with Crippen molar-refractivity contribution >= 4 is 35.0 Å². The topological polar surface area (TPSA) is 175 Å². The molecule has 0 radical (unpaired) electrons. The van der Waals surface area contributed by atoms with Crippen molar-refractivity contribution in [3.05, 3.63) is 84.6 Å². The third kappa shape index (κ3) is 8.85. The molecule has 3 aromatic carbocycles. The molecule has 0 saturated carbocycles. The summed E-state index contributed by atoms with van der Waals surface area (Å²) < 4.78 is 9.51. The van der Waals surface area contributed by atoms with Gasteiger partial charge in [-0.25, -0.2) is 19.6 Å². The zero-order valence-electron chi connectivity index (χ0n) is 34.5. The molecule has 0 aliphatic carbocycles. The van der Waals surface area contributed by atoms with Crippen molar-refractivity contribution < 1.29 is 28.7 Å². The number of imidazole rings is 2. The number of rotatable bonds is 13. The summed E-state index contributed by atoms with van der Waals surface area (Å²) in [5, 5.41) is 5.37. The lowest BCUT2D eigenvalue weighted by Crippen LogP contribution is -2.51. The van der Waals surface area contributed by atoms with Gasteiger partial charge in [-0.3, -0.25) is 9.59 Å². The van der Waals surface area contributed by atoms with E-state index in [1.54, 1.807) is 11.1 Å². The molecule has 58 heavy (non-hydrogen) atoms. The first-order valence-electron chi connectivity index (χ1n) is 19.9. The highest BCUT2D eigenvalue weighted by Crippen LogP contribution is 2.34. The minimum Gasteiger partial charge on any atom is -0.453 e. The number of likely N-dealkylation sites (tertiary alicyclic amines) is 1. The lowest BCUT2D eigenvalue weighted by atomic mass is 9.99. The highest BCUT2D eigenvalue weighted by Gasteiger charge is 2.37. The Morgan fingerprint density at radius 2 is 1.34 bits per heavy atom. The molecule has 4 N–H and O–H groups in total. The lowest BCUT2D eigenvalue weighted by Gasteiger charge is -2.32. The monoisotopic (exact) mass is 790 g/mol. The van der Waals surface area contributed by atoms with Crippen LogP contribution in [0, 0.1) is 11.8 Å². The van der Waals surface area contributed by atoms with Crippen molar-refractivity contribution in [2.24, 2.45) is 11.8 Å². The van der Waals surface area contributed by atoms with Crippen LogP contribution in [0.2, 0.25) is 0 Å². The number of methoxy groups -OCH3 is 2. The predicted molar refractivity (Wildman–Crippen MR) is 222 cm³/mol. The van der Waals surface area contributed by atoms with Gasteiger partial charge < -0.3 is 39.9 Å². The van der Waals surface area contributed by atoms with Crippen molar-refractivity contribution in [1.29, 1.82) is 0 Å². The molecule has 1 aliphatic heterocycles. The van der Waals surface area contributed by atoms with E-state index in [2.05, 4.69) is 80.2 Å². The van der Waals surface area contributed by atoms with Crippen molar-refractivity contribution in [2.45, 2.75) is 78.6 Å². The molecule has 0 spiro atoms. The molecule has 306 valence electrons. The fourth-order valence-electron chi connectivity index (χ4n) is 7.60. The molecule has 5 aromatic rings. The molecular formula is C44H54N8O6. The van der Waals surface area contributed by atoms with Gasteiger partial charge in [-0.2, -0.15) is 0 Å². The first-order valence-corrected chi connectivity index (χ1v) is 19.9. The van der Waals surface area contributed by atoms with E-state index in [-0.39, 0.29) is 35.7 Å². The van der Waals surface area contributed by atoms with Crippen LogP contribution in [0.15, 0.2) is 72.9 Å². The number of carbonyl (C=O) groups is 4. The van der Waals surface area contributed by atoms with Gasteiger partial charge in [-0.05, 0) is 78.5 Å². The first kappa shape index (κ1) is 41.5. The zero-order chi connectivity index (χ0) is 41.7. The van der Waals surface area contributed by atoms with Crippen LogP contribution in [0.25, 0.3) is 44.5 Å². The number of nitrogens with zero attached hydrogens (tertiary/aromatic N) is 4. The molecule has 4 amide bonds. The molecule has 1 saturated heterocycles. The highest BCUT2D eigenvalue weighted by molar-refractivity contribution is 5.88. The van der Waals surface area contributed by atoms with E-state index in [1.807, 2.05) is 58.6 Å². The molecule has 0 bridgehead atoms. The van der Waals surface area contributed by atoms with Crippen LogP contribution in [0.4, 0.5) is 9.59 Å². The van der Waals surface area contributed by atoms with Gasteiger partial charge in [-0.15, -0.1) is 0 Å². The SMILES string of the molecule is CCN(C(=O)[C@@H](NC(=O)OC)C(C)C)[C@@H](C)c1nc2ccc(-c3ccc(-c4ccc(-c5cnc([C@@H]6CCCN6C(=O)[C@@H](NC(=O)OC)C(C)C)[nH]5)cc4)cc3)cc2[nH]1. The van der Waals surface area contributed by atoms with Crippen molar-refractivity contribution in [1.82, 2.24) is 40.4 Å². The minimum absolute atomic E-state index is 0.105. The Hall–Kier alpha value is -6.18. The normalized spacial score (nSPS) is 15.6. The number of benzene rings is 3. The third-order valence-electron chi connectivity index (χ3n) is 11.0. The summed E-state index contributed by atoms with van der Waals surface area (Å²) in [5.74, 6) is 0.808. The summed E-state index contributed by atoms with van der Waals surface area (Å²) >= 11 is 0. The number of aromatic amines is 2. The number of H-pyrrole nitrogens is 2. The molecule has 1 fully saturated rings.